The molecule has 21 heavy (non-hydrogen) atoms. The van der Waals surface area contributed by atoms with E-state index in [-0.39, 0.29) is 5.91 Å². The Bertz CT molecular complexity index is 673. The lowest BCUT2D eigenvalue weighted by Crippen LogP contribution is -2.24. The van der Waals surface area contributed by atoms with Gasteiger partial charge in [-0.05, 0) is 36.8 Å². The summed E-state index contributed by atoms with van der Waals surface area (Å²) in [5.41, 5.74) is 2.26. The fourth-order valence-electron chi connectivity index (χ4n) is 2.02. The summed E-state index contributed by atoms with van der Waals surface area (Å²) in [7, 11) is 1.57. The van der Waals surface area contributed by atoms with Crippen LogP contribution in [0.1, 0.15) is 21.5 Å². The van der Waals surface area contributed by atoms with Gasteiger partial charge >= 0.3 is 0 Å². The van der Waals surface area contributed by atoms with Crippen LogP contribution in [-0.2, 0) is 6.54 Å². The molecule has 0 saturated carbocycles. The third kappa shape index (κ3) is 3.71. The number of hydrogen-bond acceptors (Lipinski definition) is 3. The van der Waals surface area contributed by atoms with Crippen molar-refractivity contribution in [1.82, 2.24) is 5.32 Å². The minimum atomic E-state index is -0.162. The molecule has 2 rings (SSSR count). The highest BCUT2D eigenvalue weighted by Crippen LogP contribution is 2.26. The zero-order valence-corrected chi connectivity index (χ0v) is 13.5. The zero-order chi connectivity index (χ0) is 15.4. The Morgan fingerprint density at radius 1 is 1.33 bits per heavy atom. The second-order valence-electron chi connectivity index (χ2n) is 4.60. The predicted molar refractivity (Wildman–Crippen MR) is 87.6 cm³/mol. The van der Waals surface area contributed by atoms with Gasteiger partial charge < -0.3 is 10.1 Å². The molecule has 3 nitrogen and oxygen atoms in total. The molecule has 0 unspecified atom stereocenters. The van der Waals surface area contributed by atoms with Crippen molar-refractivity contribution in [2.75, 3.05) is 7.11 Å². The number of nitrogens with one attached hydrogen (secondary N) is 1. The molecule has 2 aromatic carbocycles. The Hall–Kier alpha value is -1.65. The largest absolute Gasteiger partial charge is 0.496 e. The first kappa shape index (κ1) is 15.7. The molecule has 0 saturated heterocycles. The van der Waals surface area contributed by atoms with E-state index in [2.05, 4.69) is 17.9 Å². The van der Waals surface area contributed by atoms with Crippen LogP contribution in [0.5, 0.6) is 5.75 Å². The smallest absolute Gasteiger partial charge is 0.251 e. The van der Waals surface area contributed by atoms with E-state index in [0.29, 0.717) is 22.9 Å². The number of amides is 1. The van der Waals surface area contributed by atoms with Crippen molar-refractivity contribution in [2.24, 2.45) is 0 Å². The van der Waals surface area contributed by atoms with Crippen LogP contribution in [-0.4, -0.2) is 13.0 Å². The van der Waals surface area contributed by atoms with E-state index >= 15 is 0 Å². The number of carbonyl (C=O) groups excluding carboxylic acids is 1. The van der Waals surface area contributed by atoms with Crippen molar-refractivity contribution in [1.29, 1.82) is 0 Å². The lowest BCUT2D eigenvalue weighted by molar-refractivity contribution is 0.0950. The fourth-order valence-corrected chi connectivity index (χ4v) is 2.46. The molecule has 0 fully saturated rings. The lowest BCUT2D eigenvalue weighted by Gasteiger charge is -2.12. The highest BCUT2D eigenvalue weighted by atomic mass is 35.5. The molecule has 0 aliphatic rings. The monoisotopic (exact) mass is 321 g/mol. The summed E-state index contributed by atoms with van der Waals surface area (Å²) in [6.07, 6.45) is 0. The number of ether oxygens (including phenoxy) is 1. The molecule has 0 spiro atoms. The van der Waals surface area contributed by atoms with Gasteiger partial charge in [0.05, 0.1) is 7.11 Å². The normalized spacial score (nSPS) is 10.3. The Kier molecular flexibility index (Phi) is 5.15. The molecule has 1 N–H and O–H groups in total. The highest BCUT2D eigenvalue weighted by Gasteiger charge is 2.12. The number of thiol groups is 1. The standard InChI is InChI=1S/C16H16ClNO2S/c1-10-6-7-11(21)8-12(10)16(19)18-9-13-14(17)4-3-5-15(13)20-2/h3-8,21H,9H2,1-2H3,(H,18,19). The predicted octanol–water partition coefficient (Wildman–Crippen LogP) is 3.88. The first-order valence-electron chi connectivity index (χ1n) is 6.42. The SMILES string of the molecule is COc1cccc(Cl)c1CNC(=O)c1cc(S)ccc1C. The summed E-state index contributed by atoms with van der Waals surface area (Å²) in [6.45, 7) is 2.19. The summed E-state index contributed by atoms with van der Waals surface area (Å²) in [5, 5.41) is 3.43. The first-order valence-corrected chi connectivity index (χ1v) is 7.24. The summed E-state index contributed by atoms with van der Waals surface area (Å²) in [5.74, 6) is 0.493. The molecule has 1 amide bonds. The van der Waals surface area contributed by atoms with Gasteiger partial charge in [-0.25, -0.2) is 0 Å². The number of aryl methyl sites for hydroxylation is 1. The zero-order valence-electron chi connectivity index (χ0n) is 11.8. The van der Waals surface area contributed by atoms with Crippen molar-refractivity contribution in [3.05, 3.63) is 58.1 Å². The molecule has 0 radical (unpaired) electrons. The van der Waals surface area contributed by atoms with Crippen LogP contribution < -0.4 is 10.1 Å². The van der Waals surface area contributed by atoms with Gasteiger partial charge in [-0.2, -0.15) is 0 Å². The second-order valence-corrected chi connectivity index (χ2v) is 5.53. The molecule has 2 aromatic rings. The number of benzene rings is 2. The number of rotatable bonds is 4. The van der Waals surface area contributed by atoms with E-state index in [9.17, 15) is 4.79 Å². The summed E-state index contributed by atoms with van der Waals surface area (Å²) < 4.78 is 5.26. The van der Waals surface area contributed by atoms with Gasteiger partial charge in [-0.1, -0.05) is 23.7 Å². The van der Waals surface area contributed by atoms with Gasteiger partial charge in [0, 0.05) is 27.6 Å². The maximum absolute atomic E-state index is 12.3. The van der Waals surface area contributed by atoms with Gasteiger partial charge in [0.2, 0.25) is 0 Å². The van der Waals surface area contributed by atoms with E-state index in [1.165, 1.54) is 0 Å². The molecule has 0 bridgehead atoms. The van der Waals surface area contributed by atoms with Crippen LogP contribution in [0.25, 0.3) is 0 Å². The summed E-state index contributed by atoms with van der Waals surface area (Å²) in [6, 6.07) is 10.9. The number of carbonyl (C=O) groups is 1. The molecule has 5 heteroatoms. The topological polar surface area (TPSA) is 38.3 Å². The minimum Gasteiger partial charge on any atom is -0.496 e. The van der Waals surface area contributed by atoms with Crippen LogP contribution in [0, 0.1) is 6.92 Å². The van der Waals surface area contributed by atoms with E-state index in [4.69, 9.17) is 16.3 Å². The Morgan fingerprint density at radius 3 is 2.81 bits per heavy atom. The molecule has 0 aromatic heterocycles. The van der Waals surface area contributed by atoms with Crippen molar-refractivity contribution in [3.8, 4) is 5.75 Å². The van der Waals surface area contributed by atoms with Gasteiger partial charge in [-0.15, -0.1) is 12.6 Å². The second kappa shape index (κ2) is 6.87. The van der Waals surface area contributed by atoms with E-state index in [1.54, 1.807) is 25.3 Å². The molecular weight excluding hydrogens is 306 g/mol. The van der Waals surface area contributed by atoms with Crippen molar-refractivity contribution in [2.45, 2.75) is 18.4 Å². The maximum atomic E-state index is 12.3. The molecular formula is C16H16ClNO2S. The maximum Gasteiger partial charge on any atom is 0.251 e. The quantitative estimate of drug-likeness (QED) is 0.839. The highest BCUT2D eigenvalue weighted by molar-refractivity contribution is 7.80. The molecule has 110 valence electrons. The van der Waals surface area contributed by atoms with Gasteiger partial charge in [0.15, 0.2) is 0 Å². The third-order valence-corrected chi connectivity index (χ3v) is 3.82. The van der Waals surface area contributed by atoms with Crippen LogP contribution >= 0.6 is 24.2 Å². The third-order valence-electron chi connectivity index (χ3n) is 3.19. The number of methoxy groups -OCH3 is 1. The average molecular weight is 322 g/mol. The van der Waals surface area contributed by atoms with E-state index in [0.717, 1.165) is 16.0 Å². The number of hydrogen-bond donors (Lipinski definition) is 2. The molecule has 0 heterocycles. The Labute approximate surface area is 134 Å². The Balaban J connectivity index is 2.17. The van der Waals surface area contributed by atoms with Crippen LogP contribution in [0.2, 0.25) is 5.02 Å². The summed E-state index contributed by atoms with van der Waals surface area (Å²) in [4.78, 5) is 13.0. The fraction of sp³-hybridized carbons (Fsp3) is 0.188. The van der Waals surface area contributed by atoms with Gasteiger partial charge in [-0.3, -0.25) is 4.79 Å². The molecule has 0 aliphatic carbocycles. The van der Waals surface area contributed by atoms with E-state index < -0.39 is 0 Å². The molecule has 0 atom stereocenters. The van der Waals surface area contributed by atoms with Crippen LogP contribution in [0.4, 0.5) is 0 Å². The molecule has 0 aliphatic heterocycles. The van der Waals surface area contributed by atoms with Crippen molar-refractivity contribution in [3.63, 3.8) is 0 Å². The van der Waals surface area contributed by atoms with Crippen molar-refractivity contribution >= 4 is 30.1 Å². The average Bonchev–Trinajstić information content (AvgIpc) is 2.47. The van der Waals surface area contributed by atoms with Crippen LogP contribution in [0.15, 0.2) is 41.3 Å². The number of halogens is 1. The van der Waals surface area contributed by atoms with Gasteiger partial charge in [0.25, 0.3) is 5.91 Å². The van der Waals surface area contributed by atoms with E-state index in [1.807, 2.05) is 25.1 Å². The van der Waals surface area contributed by atoms with Crippen molar-refractivity contribution < 1.29 is 9.53 Å². The minimum absolute atomic E-state index is 0.162. The first-order chi connectivity index (χ1) is 10.0. The van der Waals surface area contributed by atoms with Crippen LogP contribution in [0.3, 0.4) is 0 Å². The Morgan fingerprint density at radius 2 is 2.10 bits per heavy atom. The lowest BCUT2D eigenvalue weighted by atomic mass is 10.1. The summed E-state index contributed by atoms with van der Waals surface area (Å²) >= 11 is 10.4. The van der Waals surface area contributed by atoms with Gasteiger partial charge in [0.1, 0.15) is 5.75 Å².